The fourth-order valence-corrected chi connectivity index (χ4v) is 2.41. The number of aryl methyl sites for hydroxylation is 1. The first-order valence-electron chi connectivity index (χ1n) is 5.59. The monoisotopic (exact) mass is 333 g/mol. The van der Waals surface area contributed by atoms with Gasteiger partial charge in [0, 0.05) is 18.4 Å². The quantitative estimate of drug-likeness (QED) is 0.514. The summed E-state index contributed by atoms with van der Waals surface area (Å²) in [6, 6.07) is 6.52. The van der Waals surface area contributed by atoms with Gasteiger partial charge in [-0.3, -0.25) is 0 Å². The van der Waals surface area contributed by atoms with Crippen molar-refractivity contribution in [1.82, 2.24) is 0 Å². The smallest absolute Gasteiger partial charge is 0.119 e. The SMILES string of the molecule is C[N+](C)(C)C1CCc2cccc(O)c2C1.[I-]. The summed E-state index contributed by atoms with van der Waals surface area (Å²) >= 11 is 0. The van der Waals surface area contributed by atoms with Gasteiger partial charge in [-0.25, -0.2) is 0 Å². The summed E-state index contributed by atoms with van der Waals surface area (Å²) in [4.78, 5) is 0. The van der Waals surface area contributed by atoms with Crippen LogP contribution in [-0.2, 0) is 12.8 Å². The van der Waals surface area contributed by atoms with Crippen LogP contribution in [-0.4, -0.2) is 36.8 Å². The van der Waals surface area contributed by atoms with E-state index in [9.17, 15) is 5.11 Å². The van der Waals surface area contributed by atoms with E-state index in [2.05, 4.69) is 27.2 Å². The molecule has 1 unspecified atom stereocenters. The molecule has 1 aromatic carbocycles. The van der Waals surface area contributed by atoms with Crippen LogP contribution in [0.5, 0.6) is 5.75 Å². The Bertz CT molecular complexity index is 371. The Morgan fingerprint density at radius 2 is 1.94 bits per heavy atom. The summed E-state index contributed by atoms with van der Waals surface area (Å²) in [6.07, 6.45) is 3.33. The molecule has 1 aromatic rings. The summed E-state index contributed by atoms with van der Waals surface area (Å²) in [7, 11) is 6.70. The van der Waals surface area contributed by atoms with E-state index >= 15 is 0 Å². The van der Waals surface area contributed by atoms with E-state index in [1.165, 1.54) is 17.5 Å². The lowest BCUT2D eigenvalue weighted by atomic mass is 9.86. The number of phenolic OH excluding ortho intramolecular Hbond substituents is 1. The molecule has 1 aliphatic rings. The van der Waals surface area contributed by atoms with Crippen molar-refractivity contribution in [3.05, 3.63) is 29.3 Å². The van der Waals surface area contributed by atoms with E-state index in [0.29, 0.717) is 11.8 Å². The number of likely N-dealkylation sites (N-methyl/N-ethyl adjacent to an activating group) is 1. The fraction of sp³-hybridized carbons (Fsp3) is 0.538. The van der Waals surface area contributed by atoms with Crippen molar-refractivity contribution in [2.45, 2.75) is 25.3 Å². The topological polar surface area (TPSA) is 20.2 Å². The number of halogens is 1. The second kappa shape index (κ2) is 4.92. The van der Waals surface area contributed by atoms with Crippen molar-refractivity contribution in [1.29, 1.82) is 0 Å². The number of rotatable bonds is 1. The van der Waals surface area contributed by atoms with E-state index in [4.69, 9.17) is 0 Å². The number of fused-ring (bicyclic) bond motifs is 1. The second-order valence-corrected chi connectivity index (χ2v) is 5.43. The Morgan fingerprint density at radius 1 is 1.25 bits per heavy atom. The van der Waals surface area contributed by atoms with Gasteiger partial charge in [-0.15, -0.1) is 0 Å². The van der Waals surface area contributed by atoms with Crippen molar-refractivity contribution < 1.29 is 33.6 Å². The van der Waals surface area contributed by atoms with Gasteiger partial charge in [0.15, 0.2) is 0 Å². The third kappa shape index (κ3) is 2.69. The molecular formula is C13H20INO. The van der Waals surface area contributed by atoms with Crippen LogP contribution in [0.4, 0.5) is 0 Å². The number of nitrogens with zero attached hydrogens (tertiary/aromatic N) is 1. The van der Waals surface area contributed by atoms with Crippen molar-refractivity contribution in [2.75, 3.05) is 21.1 Å². The minimum absolute atomic E-state index is 0. The summed E-state index contributed by atoms with van der Waals surface area (Å²) in [5.41, 5.74) is 2.50. The standard InChI is InChI=1S/C13H19NO.HI/c1-14(2,3)11-8-7-10-5-4-6-13(15)12(10)9-11;/h4-6,11H,7-9H2,1-3H3;1H. The van der Waals surface area contributed by atoms with Crippen molar-refractivity contribution in [2.24, 2.45) is 0 Å². The van der Waals surface area contributed by atoms with Gasteiger partial charge in [-0.2, -0.15) is 0 Å². The maximum Gasteiger partial charge on any atom is 0.119 e. The van der Waals surface area contributed by atoms with E-state index in [-0.39, 0.29) is 24.0 Å². The van der Waals surface area contributed by atoms with Crippen LogP contribution in [0.1, 0.15) is 17.5 Å². The van der Waals surface area contributed by atoms with Crippen LogP contribution in [0.25, 0.3) is 0 Å². The van der Waals surface area contributed by atoms with Crippen LogP contribution >= 0.6 is 0 Å². The Balaban J connectivity index is 0.00000128. The highest BCUT2D eigenvalue weighted by molar-refractivity contribution is 5.41. The molecule has 2 rings (SSSR count). The van der Waals surface area contributed by atoms with Gasteiger partial charge in [0.2, 0.25) is 0 Å². The number of hydrogen-bond donors (Lipinski definition) is 1. The predicted octanol–water partition coefficient (Wildman–Crippen LogP) is -1.04. The van der Waals surface area contributed by atoms with Gasteiger partial charge in [0.05, 0.1) is 27.2 Å². The molecule has 1 aliphatic carbocycles. The molecule has 1 atom stereocenters. The number of phenols is 1. The van der Waals surface area contributed by atoms with Crippen molar-refractivity contribution in [3.8, 4) is 5.75 Å². The molecular weight excluding hydrogens is 313 g/mol. The normalized spacial score (nSPS) is 19.8. The zero-order chi connectivity index (χ0) is 11.1. The van der Waals surface area contributed by atoms with Gasteiger partial charge in [0.1, 0.15) is 5.75 Å². The lowest BCUT2D eigenvalue weighted by Crippen LogP contribution is -3.00. The van der Waals surface area contributed by atoms with E-state index in [0.717, 1.165) is 17.3 Å². The van der Waals surface area contributed by atoms with Crippen LogP contribution in [0, 0.1) is 0 Å². The van der Waals surface area contributed by atoms with Gasteiger partial charge in [0.25, 0.3) is 0 Å². The average molecular weight is 333 g/mol. The molecule has 3 heteroatoms. The highest BCUT2D eigenvalue weighted by Crippen LogP contribution is 2.31. The highest BCUT2D eigenvalue weighted by Gasteiger charge is 2.29. The molecule has 2 nitrogen and oxygen atoms in total. The van der Waals surface area contributed by atoms with E-state index in [1.807, 2.05) is 6.07 Å². The van der Waals surface area contributed by atoms with Gasteiger partial charge in [-0.1, -0.05) is 12.1 Å². The molecule has 0 radical (unpaired) electrons. The molecule has 90 valence electrons. The molecule has 0 aromatic heterocycles. The van der Waals surface area contributed by atoms with Gasteiger partial charge >= 0.3 is 0 Å². The highest BCUT2D eigenvalue weighted by atomic mass is 127. The predicted molar refractivity (Wildman–Crippen MR) is 62.0 cm³/mol. The summed E-state index contributed by atoms with van der Waals surface area (Å²) < 4.78 is 0.980. The maximum absolute atomic E-state index is 9.83. The van der Waals surface area contributed by atoms with Gasteiger partial charge < -0.3 is 33.6 Å². The van der Waals surface area contributed by atoms with E-state index < -0.39 is 0 Å². The molecule has 1 N–H and O–H groups in total. The Hall–Kier alpha value is -0.290. The number of quaternary nitrogens is 1. The molecule has 0 bridgehead atoms. The minimum atomic E-state index is 0. The third-order valence-corrected chi connectivity index (χ3v) is 3.53. The van der Waals surface area contributed by atoms with Crippen LogP contribution < -0.4 is 24.0 Å². The average Bonchev–Trinajstić information content (AvgIpc) is 2.16. The molecule has 0 fully saturated rings. The first kappa shape index (κ1) is 13.8. The molecule has 0 heterocycles. The van der Waals surface area contributed by atoms with Crippen LogP contribution in [0.2, 0.25) is 0 Å². The molecule has 0 aliphatic heterocycles. The van der Waals surface area contributed by atoms with Crippen molar-refractivity contribution in [3.63, 3.8) is 0 Å². The molecule has 0 saturated heterocycles. The lowest BCUT2D eigenvalue weighted by molar-refractivity contribution is -0.896. The molecule has 0 saturated carbocycles. The number of benzene rings is 1. The Morgan fingerprint density at radius 3 is 2.56 bits per heavy atom. The zero-order valence-electron chi connectivity index (χ0n) is 10.2. The minimum Gasteiger partial charge on any atom is -1.00 e. The first-order valence-corrected chi connectivity index (χ1v) is 5.59. The number of hydrogen-bond acceptors (Lipinski definition) is 1. The lowest BCUT2D eigenvalue weighted by Gasteiger charge is -2.37. The third-order valence-electron chi connectivity index (χ3n) is 3.53. The zero-order valence-corrected chi connectivity index (χ0v) is 12.4. The van der Waals surface area contributed by atoms with Crippen LogP contribution in [0.15, 0.2) is 18.2 Å². The maximum atomic E-state index is 9.83. The van der Waals surface area contributed by atoms with Gasteiger partial charge in [-0.05, 0) is 18.1 Å². The summed E-state index contributed by atoms with van der Waals surface area (Å²) in [5, 5.41) is 9.83. The second-order valence-electron chi connectivity index (χ2n) is 5.43. The Labute approximate surface area is 115 Å². The van der Waals surface area contributed by atoms with Crippen LogP contribution in [0.3, 0.4) is 0 Å². The summed E-state index contributed by atoms with van der Waals surface area (Å²) in [6.45, 7) is 0. The molecule has 0 amide bonds. The van der Waals surface area contributed by atoms with E-state index in [1.54, 1.807) is 6.07 Å². The number of aromatic hydroxyl groups is 1. The first-order chi connectivity index (χ1) is 6.98. The molecule has 16 heavy (non-hydrogen) atoms. The van der Waals surface area contributed by atoms with Crippen molar-refractivity contribution >= 4 is 0 Å². The fourth-order valence-electron chi connectivity index (χ4n) is 2.41. The molecule has 0 spiro atoms. The largest absolute Gasteiger partial charge is 1.00 e. The Kier molecular flexibility index (Phi) is 4.23. The summed E-state index contributed by atoms with van der Waals surface area (Å²) in [5.74, 6) is 0.477.